The van der Waals surface area contributed by atoms with Gasteiger partial charge in [0.15, 0.2) is 0 Å². The lowest BCUT2D eigenvalue weighted by atomic mass is 9.97. The number of benzene rings is 1. The zero-order valence-corrected chi connectivity index (χ0v) is 11.0. The van der Waals surface area contributed by atoms with Gasteiger partial charge in [-0.1, -0.05) is 0 Å². The van der Waals surface area contributed by atoms with Crippen LogP contribution in [0.25, 0.3) is 0 Å². The van der Waals surface area contributed by atoms with Crippen molar-refractivity contribution in [2.45, 2.75) is 25.9 Å². The Hall–Kier alpha value is -1.93. The van der Waals surface area contributed by atoms with Crippen LogP contribution in [0.4, 0.5) is 4.39 Å². The number of piperazine rings is 1. The fourth-order valence-corrected chi connectivity index (χ4v) is 2.19. The summed E-state index contributed by atoms with van der Waals surface area (Å²) in [5.74, 6) is -0.406. The molecule has 5 heteroatoms. The number of amides is 1. The van der Waals surface area contributed by atoms with Gasteiger partial charge in [0.25, 0.3) is 0 Å². The maximum Gasteiger partial charge on any atom is 0.240 e. The SMILES string of the molecule is CC1(C)C(=O)NCCN1Cc1cc(C#N)ccc1F. The summed E-state index contributed by atoms with van der Waals surface area (Å²) in [6, 6.07) is 6.28. The average molecular weight is 261 g/mol. The van der Waals surface area contributed by atoms with Gasteiger partial charge in [-0.2, -0.15) is 5.26 Å². The second-order valence-electron chi connectivity index (χ2n) is 5.15. The first kappa shape index (κ1) is 13.5. The molecule has 1 amide bonds. The van der Waals surface area contributed by atoms with E-state index in [-0.39, 0.29) is 11.7 Å². The van der Waals surface area contributed by atoms with Crippen molar-refractivity contribution in [1.82, 2.24) is 10.2 Å². The second kappa shape index (κ2) is 4.98. The molecule has 0 aliphatic carbocycles. The number of carbonyl (C=O) groups excluding carboxylic acids is 1. The van der Waals surface area contributed by atoms with Gasteiger partial charge >= 0.3 is 0 Å². The Kier molecular flexibility index (Phi) is 3.54. The maximum atomic E-state index is 13.8. The van der Waals surface area contributed by atoms with Crippen LogP contribution in [0.5, 0.6) is 0 Å². The zero-order chi connectivity index (χ0) is 14.0. The molecule has 0 atom stereocenters. The largest absolute Gasteiger partial charge is 0.353 e. The van der Waals surface area contributed by atoms with E-state index in [1.807, 2.05) is 24.8 Å². The van der Waals surface area contributed by atoms with Gasteiger partial charge in [-0.05, 0) is 32.0 Å². The van der Waals surface area contributed by atoms with Gasteiger partial charge in [-0.25, -0.2) is 4.39 Å². The Morgan fingerprint density at radius 3 is 2.95 bits per heavy atom. The van der Waals surface area contributed by atoms with E-state index in [1.165, 1.54) is 18.2 Å². The Bertz CT molecular complexity index is 548. The van der Waals surface area contributed by atoms with Crippen LogP contribution in [0.15, 0.2) is 18.2 Å². The minimum Gasteiger partial charge on any atom is -0.353 e. The first-order chi connectivity index (χ1) is 8.95. The molecular weight excluding hydrogens is 245 g/mol. The third kappa shape index (κ3) is 2.59. The molecule has 0 aromatic heterocycles. The van der Waals surface area contributed by atoms with E-state index in [2.05, 4.69) is 5.32 Å². The summed E-state index contributed by atoms with van der Waals surface area (Å²) >= 11 is 0. The highest BCUT2D eigenvalue weighted by Crippen LogP contribution is 2.22. The number of nitrogens with zero attached hydrogens (tertiary/aromatic N) is 2. The Morgan fingerprint density at radius 1 is 1.53 bits per heavy atom. The third-order valence-corrected chi connectivity index (χ3v) is 3.55. The van der Waals surface area contributed by atoms with Crippen molar-refractivity contribution in [3.05, 3.63) is 35.1 Å². The van der Waals surface area contributed by atoms with Gasteiger partial charge in [0.2, 0.25) is 5.91 Å². The molecule has 1 aromatic carbocycles. The van der Waals surface area contributed by atoms with E-state index in [0.717, 1.165) is 0 Å². The predicted molar refractivity (Wildman–Crippen MR) is 68.6 cm³/mol. The number of rotatable bonds is 2. The zero-order valence-electron chi connectivity index (χ0n) is 11.0. The minimum atomic E-state index is -0.673. The molecule has 0 radical (unpaired) electrons. The topological polar surface area (TPSA) is 56.1 Å². The molecule has 1 aliphatic rings. The quantitative estimate of drug-likeness (QED) is 0.875. The summed E-state index contributed by atoms with van der Waals surface area (Å²) in [5.41, 5.74) is 0.199. The van der Waals surface area contributed by atoms with Gasteiger partial charge < -0.3 is 5.32 Å². The van der Waals surface area contributed by atoms with Gasteiger partial charge in [0.05, 0.1) is 17.2 Å². The number of halogens is 1. The molecule has 19 heavy (non-hydrogen) atoms. The van der Waals surface area contributed by atoms with Crippen molar-refractivity contribution in [2.75, 3.05) is 13.1 Å². The highest BCUT2D eigenvalue weighted by molar-refractivity contribution is 5.86. The van der Waals surface area contributed by atoms with E-state index < -0.39 is 5.54 Å². The normalized spacial score (nSPS) is 18.7. The van der Waals surface area contributed by atoms with E-state index >= 15 is 0 Å². The molecule has 1 aliphatic heterocycles. The highest BCUT2D eigenvalue weighted by atomic mass is 19.1. The van der Waals surface area contributed by atoms with Crippen LogP contribution < -0.4 is 5.32 Å². The molecule has 1 N–H and O–H groups in total. The summed E-state index contributed by atoms with van der Waals surface area (Å²) in [7, 11) is 0. The van der Waals surface area contributed by atoms with E-state index in [9.17, 15) is 9.18 Å². The molecule has 2 rings (SSSR count). The van der Waals surface area contributed by atoms with Crippen LogP contribution in [-0.2, 0) is 11.3 Å². The van der Waals surface area contributed by atoms with E-state index in [0.29, 0.717) is 30.8 Å². The number of hydrogen-bond acceptors (Lipinski definition) is 3. The van der Waals surface area contributed by atoms with Crippen molar-refractivity contribution in [1.29, 1.82) is 5.26 Å². The highest BCUT2D eigenvalue weighted by Gasteiger charge is 2.37. The molecule has 1 fully saturated rings. The first-order valence-electron chi connectivity index (χ1n) is 6.17. The summed E-state index contributed by atoms with van der Waals surface area (Å²) in [5, 5.41) is 11.7. The molecule has 0 saturated carbocycles. The van der Waals surface area contributed by atoms with Crippen LogP contribution >= 0.6 is 0 Å². The third-order valence-electron chi connectivity index (χ3n) is 3.55. The van der Waals surface area contributed by atoms with Crippen LogP contribution in [0.2, 0.25) is 0 Å². The van der Waals surface area contributed by atoms with E-state index in [4.69, 9.17) is 5.26 Å². The van der Waals surface area contributed by atoms with Crippen molar-refractivity contribution >= 4 is 5.91 Å². The van der Waals surface area contributed by atoms with Crippen molar-refractivity contribution in [2.24, 2.45) is 0 Å². The molecular formula is C14H16FN3O. The fraction of sp³-hybridized carbons (Fsp3) is 0.429. The Balaban J connectivity index is 2.26. The number of nitriles is 1. The summed E-state index contributed by atoms with van der Waals surface area (Å²) in [4.78, 5) is 13.7. The van der Waals surface area contributed by atoms with Crippen molar-refractivity contribution < 1.29 is 9.18 Å². The first-order valence-corrected chi connectivity index (χ1v) is 6.17. The van der Waals surface area contributed by atoms with Gasteiger partial charge in [-0.3, -0.25) is 9.69 Å². The summed E-state index contributed by atoms with van der Waals surface area (Å²) in [6.07, 6.45) is 0. The number of hydrogen-bond donors (Lipinski definition) is 1. The summed E-state index contributed by atoms with van der Waals surface area (Å²) < 4.78 is 13.8. The molecule has 1 aromatic rings. The van der Waals surface area contributed by atoms with Crippen molar-refractivity contribution in [3.63, 3.8) is 0 Å². The van der Waals surface area contributed by atoms with Crippen LogP contribution in [-0.4, -0.2) is 29.4 Å². The standard InChI is InChI=1S/C14H16FN3O/c1-14(2)13(19)17-5-6-18(14)9-11-7-10(8-16)3-4-12(11)15/h3-4,7H,5-6,9H2,1-2H3,(H,17,19). The molecule has 0 bridgehead atoms. The van der Waals surface area contributed by atoms with E-state index in [1.54, 1.807) is 0 Å². The second-order valence-corrected chi connectivity index (χ2v) is 5.15. The van der Waals surface area contributed by atoms with Gasteiger partial charge in [-0.15, -0.1) is 0 Å². The molecule has 1 heterocycles. The van der Waals surface area contributed by atoms with Gasteiger partial charge in [0.1, 0.15) is 5.82 Å². The molecule has 0 spiro atoms. The smallest absolute Gasteiger partial charge is 0.240 e. The van der Waals surface area contributed by atoms with Crippen LogP contribution in [0.1, 0.15) is 25.0 Å². The van der Waals surface area contributed by atoms with Crippen molar-refractivity contribution in [3.8, 4) is 6.07 Å². The Morgan fingerprint density at radius 2 is 2.26 bits per heavy atom. The van der Waals surface area contributed by atoms with Crippen LogP contribution in [0, 0.1) is 17.1 Å². The monoisotopic (exact) mass is 261 g/mol. The lowest BCUT2D eigenvalue weighted by Crippen LogP contribution is -2.61. The number of carbonyl (C=O) groups is 1. The number of nitrogens with one attached hydrogen (secondary N) is 1. The lowest BCUT2D eigenvalue weighted by Gasteiger charge is -2.41. The average Bonchev–Trinajstić information content (AvgIpc) is 2.38. The molecule has 4 nitrogen and oxygen atoms in total. The maximum absolute atomic E-state index is 13.8. The molecule has 1 saturated heterocycles. The van der Waals surface area contributed by atoms with Gasteiger partial charge in [0, 0.05) is 25.2 Å². The molecule has 100 valence electrons. The van der Waals surface area contributed by atoms with Crippen LogP contribution in [0.3, 0.4) is 0 Å². The predicted octanol–water partition coefficient (Wildman–Crippen LogP) is 1.41. The Labute approximate surface area is 111 Å². The molecule has 0 unspecified atom stereocenters. The minimum absolute atomic E-state index is 0.0596. The fourth-order valence-electron chi connectivity index (χ4n) is 2.19. The lowest BCUT2D eigenvalue weighted by molar-refractivity contribution is -0.135. The summed E-state index contributed by atoms with van der Waals surface area (Å²) in [6.45, 7) is 5.17.